The highest BCUT2D eigenvalue weighted by Crippen LogP contribution is 2.11. The number of anilines is 1. The summed E-state index contributed by atoms with van der Waals surface area (Å²) in [5, 5.41) is 16.0. The molecule has 1 rings (SSSR count). The van der Waals surface area contributed by atoms with E-state index < -0.39 is 0 Å². The molecule has 1 heterocycles. The zero-order chi connectivity index (χ0) is 7.40. The van der Waals surface area contributed by atoms with E-state index in [1.807, 2.05) is 16.8 Å². The van der Waals surface area contributed by atoms with Crippen LogP contribution in [0.25, 0.3) is 0 Å². The minimum atomic E-state index is -0.278. The van der Waals surface area contributed by atoms with Gasteiger partial charge in [-0.1, -0.05) is 0 Å². The lowest BCUT2D eigenvalue weighted by molar-refractivity contribution is 0.208. The van der Waals surface area contributed by atoms with Gasteiger partial charge in [0, 0.05) is 17.6 Å². The minimum absolute atomic E-state index is 0.278. The van der Waals surface area contributed by atoms with Crippen LogP contribution in [0, 0.1) is 0 Å². The number of aliphatic hydroxyl groups is 1. The van der Waals surface area contributed by atoms with Gasteiger partial charge in [0.1, 0.15) is 0 Å². The van der Waals surface area contributed by atoms with Crippen LogP contribution in [0.4, 0.5) is 5.69 Å². The predicted octanol–water partition coefficient (Wildman–Crippen LogP) is 1.54. The maximum atomic E-state index is 8.89. The van der Waals surface area contributed by atoms with Crippen LogP contribution in [0.5, 0.6) is 0 Å². The molecule has 0 saturated carbocycles. The Labute approximate surface area is 64.5 Å². The molecule has 0 fully saturated rings. The van der Waals surface area contributed by atoms with Crippen LogP contribution in [-0.2, 0) is 0 Å². The number of hydrogen-bond donors (Lipinski definition) is 2. The second kappa shape index (κ2) is 3.58. The van der Waals surface area contributed by atoms with Crippen molar-refractivity contribution in [1.29, 1.82) is 0 Å². The summed E-state index contributed by atoms with van der Waals surface area (Å²) in [6.07, 6.45) is -0.278. The molecule has 0 saturated heterocycles. The van der Waals surface area contributed by atoms with E-state index in [9.17, 15) is 0 Å². The fraction of sp³-hybridized carbons (Fsp3) is 0.429. The Morgan fingerprint density at radius 3 is 3.10 bits per heavy atom. The van der Waals surface area contributed by atoms with Crippen molar-refractivity contribution >= 4 is 17.0 Å². The van der Waals surface area contributed by atoms with Gasteiger partial charge in [-0.05, 0) is 18.4 Å². The van der Waals surface area contributed by atoms with Crippen molar-refractivity contribution in [2.75, 3.05) is 11.9 Å². The highest BCUT2D eigenvalue weighted by atomic mass is 32.1. The number of thiophene rings is 1. The lowest BCUT2D eigenvalue weighted by atomic mass is 10.4. The largest absolute Gasteiger partial charge is 0.392 e. The Morgan fingerprint density at radius 2 is 2.60 bits per heavy atom. The molecule has 0 radical (unpaired) electrons. The molecule has 0 aromatic carbocycles. The van der Waals surface area contributed by atoms with Gasteiger partial charge in [0.15, 0.2) is 0 Å². The van der Waals surface area contributed by atoms with E-state index in [1.165, 1.54) is 0 Å². The van der Waals surface area contributed by atoms with Gasteiger partial charge in [-0.15, -0.1) is 0 Å². The zero-order valence-electron chi connectivity index (χ0n) is 5.87. The third-order valence-corrected chi connectivity index (χ3v) is 1.81. The fourth-order valence-corrected chi connectivity index (χ4v) is 1.24. The van der Waals surface area contributed by atoms with Crippen molar-refractivity contribution in [1.82, 2.24) is 0 Å². The van der Waals surface area contributed by atoms with Gasteiger partial charge in [0.2, 0.25) is 0 Å². The maximum Gasteiger partial charge on any atom is 0.0684 e. The SMILES string of the molecule is C[C@@H](O)CNc1ccsc1. The highest BCUT2D eigenvalue weighted by molar-refractivity contribution is 7.08. The Balaban J connectivity index is 2.28. The first kappa shape index (κ1) is 7.57. The molecular formula is C7H11NOS. The van der Waals surface area contributed by atoms with Crippen LogP contribution < -0.4 is 5.32 Å². The first-order valence-electron chi connectivity index (χ1n) is 3.23. The topological polar surface area (TPSA) is 32.3 Å². The van der Waals surface area contributed by atoms with Crippen LogP contribution in [0.15, 0.2) is 16.8 Å². The van der Waals surface area contributed by atoms with E-state index in [2.05, 4.69) is 5.32 Å². The number of aliphatic hydroxyl groups excluding tert-OH is 1. The smallest absolute Gasteiger partial charge is 0.0684 e. The Hall–Kier alpha value is -0.540. The summed E-state index contributed by atoms with van der Waals surface area (Å²) in [5.41, 5.74) is 1.09. The molecule has 0 bridgehead atoms. The lowest BCUT2D eigenvalue weighted by Crippen LogP contribution is -2.14. The molecule has 0 aliphatic heterocycles. The fourth-order valence-electron chi connectivity index (χ4n) is 0.631. The van der Waals surface area contributed by atoms with Crippen LogP contribution in [0.2, 0.25) is 0 Å². The van der Waals surface area contributed by atoms with Gasteiger partial charge in [-0.25, -0.2) is 0 Å². The molecule has 1 aromatic heterocycles. The van der Waals surface area contributed by atoms with Gasteiger partial charge in [0.05, 0.1) is 6.10 Å². The molecule has 2 N–H and O–H groups in total. The Kier molecular flexibility index (Phi) is 2.71. The third-order valence-electron chi connectivity index (χ3n) is 1.12. The molecular weight excluding hydrogens is 146 g/mol. The van der Waals surface area contributed by atoms with Crippen LogP contribution >= 0.6 is 11.3 Å². The summed E-state index contributed by atoms with van der Waals surface area (Å²) in [6.45, 7) is 2.39. The number of hydrogen-bond acceptors (Lipinski definition) is 3. The third kappa shape index (κ3) is 2.37. The summed E-state index contributed by atoms with van der Waals surface area (Å²) in [6, 6.07) is 1.99. The van der Waals surface area contributed by atoms with E-state index in [1.54, 1.807) is 18.3 Å². The van der Waals surface area contributed by atoms with E-state index in [0.29, 0.717) is 6.54 Å². The molecule has 3 heteroatoms. The van der Waals surface area contributed by atoms with E-state index in [4.69, 9.17) is 5.11 Å². The van der Waals surface area contributed by atoms with Crippen molar-refractivity contribution in [3.63, 3.8) is 0 Å². The zero-order valence-corrected chi connectivity index (χ0v) is 6.69. The lowest BCUT2D eigenvalue weighted by Gasteiger charge is -2.04. The van der Waals surface area contributed by atoms with E-state index in [-0.39, 0.29) is 6.10 Å². The van der Waals surface area contributed by atoms with Crippen LogP contribution in [-0.4, -0.2) is 17.8 Å². The normalized spacial score (nSPS) is 13.0. The van der Waals surface area contributed by atoms with Crippen LogP contribution in [0.1, 0.15) is 6.92 Å². The van der Waals surface area contributed by atoms with Gasteiger partial charge < -0.3 is 10.4 Å². The molecule has 1 aromatic rings. The maximum absolute atomic E-state index is 8.89. The summed E-state index contributed by atoms with van der Waals surface area (Å²) in [5.74, 6) is 0. The average molecular weight is 157 g/mol. The van der Waals surface area contributed by atoms with E-state index in [0.717, 1.165) is 5.69 Å². The number of nitrogens with one attached hydrogen (secondary N) is 1. The second-order valence-corrected chi connectivity index (χ2v) is 3.02. The monoisotopic (exact) mass is 157 g/mol. The van der Waals surface area contributed by atoms with Gasteiger partial charge >= 0.3 is 0 Å². The molecule has 56 valence electrons. The quantitative estimate of drug-likeness (QED) is 0.697. The van der Waals surface area contributed by atoms with Gasteiger partial charge in [-0.2, -0.15) is 11.3 Å². The van der Waals surface area contributed by atoms with Crippen molar-refractivity contribution in [3.8, 4) is 0 Å². The molecule has 0 amide bonds. The van der Waals surface area contributed by atoms with Crippen molar-refractivity contribution < 1.29 is 5.11 Å². The van der Waals surface area contributed by atoms with Crippen molar-refractivity contribution in [2.24, 2.45) is 0 Å². The van der Waals surface area contributed by atoms with Crippen LogP contribution in [0.3, 0.4) is 0 Å². The van der Waals surface area contributed by atoms with Gasteiger partial charge in [-0.3, -0.25) is 0 Å². The predicted molar refractivity (Wildman–Crippen MR) is 44.5 cm³/mol. The average Bonchev–Trinajstić information content (AvgIpc) is 2.34. The molecule has 0 spiro atoms. The molecule has 0 aliphatic carbocycles. The summed E-state index contributed by atoms with van der Waals surface area (Å²) in [7, 11) is 0. The minimum Gasteiger partial charge on any atom is -0.392 e. The summed E-state index contributed by atoms with van der Waals surface area (Å²) in [4.78, 5) is 0. The van der Waals surface area contributed by atoms with Crippen molar-refractivity contribution in [2.45, 2.75) is 13.0 Å². The van der Waals surface area contributed by atoms with Crippen molar-refractivity contribution in [3.05, 3.63) is 16.8 Å². The molecule has 0 aliphatic rings. The summed E-state index contributed by atoms with van der Waals surface area (Å²) >= 11 is 1.65. The molecule has 1 atom stereocenters. The standard InChI is InChI=1S/C7H11NOS/c1-6(9)4-8-7-2-3-10-5-7/h2-3,5-6,8-9H,4H2,1H3/t6-/m1/s1. The first-order valence-corrected chi connectivity index (χ1v) is 4.17. The van der Waals surface area contributed by atoms with E-state index >= 15 is 0 Å². The molecule has 10 heavy (non-hydrogen) atoms. The van der Waals surface area contributed by atoms with Gasteiger partial charge in [0.25, 0.3) is 0 Å². The highest BCUT2D eigenvalue weighted by Gasteiger charge is 1.94. The number of rotatable bonds is 3. The Bertz CT molecular complexity index is 172. The Morgan fingerprint density at radius 1 is 1.80 bits per heavy atom. The molecule has 0 unspecified atom stereocenters. The molecule has 2 nitrogen and oxygen atoms in total. The first-order chi connectivity index (χ1) is 4.79. The second-order valence-electron chi connectivity index (χ2n) is 2.24. The summed E-state index contributed by atoms with van der Waals surface area (Å²) < 4.78 is 0.